The summed E-state index contributed by atoms with van der Waals surface area (Å²) in [4.78, 5) is 25.2. The average molecular weight is 699 g/mol. The number of carbonyl (C=O) groups is 2. The molecule has 0 saturated heterocycles. The van der Waals surface area contributed by atoms with Gasteiger partial charge in [0.15, 0.2) is 23.0 Å². The van der Waals surface area contributed by atoms with E-state index in [2.05, 4.69) is 44.0 Å². The summed E-state index contributed by atoms with van der Waals surface area (Å²) < 4.78 is 27.1. The Kier molecular flexibility index (Phi) is 13.7. The lowest BCUT2D eigenvalue weighted by molar-refractivity contribution is -0.117. The number of hydrogen-bond donors (Lipinski definition) is 2. The van der Waals surface area contributed by atoms with Gasteiger partial charge in [-0.15, -0.1) is 20.4 Å². The van der Waals surface area contributed by atoms with Crippen LogP contribution in [0.1, 0.15) is 59.3 Å². The number of carbonyl (C=O) groups excluding carboxylic acids is 2. The van der Waals surface area contributed by atoms with Crippen molar-refractivity contribution in [3.05, 3.63) is 51.0 Å². The number of rotatable bonds is 19. The van der Waals surface area contributed by atoms with E-state index in [0.717, 1.165) is 64.6 Å². The Morgan fingerprint density at radius 2 is 1.04 bits per heavy atom. The van der Waals surface area contributed by atoms with E-state index < -0.39 is 0 Å². The van der Waals surface area contributed by atoms with Crippen LogP contribution in [0, 0.1) is 0 Å². The number of aromatic nitrogens is 4. The van der Waals surface area contributed by atoms with Gasteiger partial charge in [-0.05, 0) is 67.0 Å². The molecule has 0 aliphatic rings. The van der Waals surface area contributed by atoms with Gasteiger partial charge in [-0.25, -0.2) is 0 Å². The third-order valence-electron chi connectivity index (χ3n) is 7.46. The monoisotopic (exact) mass is 698 g/mol. The van der Waals surface area contributed by atoms with Crippen molar-refractivity contribution in [1.29, 1.82) is 0 Å². The molecular formula is C33H42N6O7S2. The molecule has 2 amide bonds. The molecule has 0 fully saturated rings. The van der Waals surface area contributed by atoms with Gasteiger partial charge in [0.25, 0.3) is 0 Å². The molecule has 4 rings (SSSR count). The molecular weight excluding hydrogens is 657 g/mol. The van der Waals surface area contributed by atoms with E-state index >= 15 is 0 Å². The molecule has 48 heavy (non-hydrogen) atoms. The molecule has 258 valence electrons. The van der Waals surface area contributed by atoms with E-state index in [0.29, 0.717) is 52.5 Å². The lowest BCUT2D eigenvalue weighted by Gasteiger charge is -2.14. The van der Waals surface area contributed by atoms with Gasteiger partial charge in [-0.2, -0.15) is 0 Å². The summed E-state index contributed by atoms with van der Waals surface area (Å²) >= 11 is 2.75. The standard InChI is InChI=1S/C33H42N6O7S2/c1-7-22-16-20(17-23(42-2)30(22)45-5)12-14-26(40)34-32-38-36-28(47-32)10-8-9-11-29-37-39-33(48-29)35-27(41)15-13-21-18-24(43-3)31(46-6)25(19-21)44-4/h16-19H,7-15H2,1-6H3,(H,34,38,40)(H,35,39,41). The highest BCUT2D eigenvalue weighted by molar-refractivity contribution is 7.15. The molecule has 2 heterocycles. The molecule has 13 nitrogen and oxygen atoms in total. The van der Waals surface area contributed by atoms with Crippen molar-refractivity contribution in [3.63, 3.8) is 0 Å². The van der Waals surface area contributed by atoms with Crippen LogP contribution in [0.15, 0.2) is 24.3 Å². The maximum atomic E-state index is 12.6. The van der Waals surface area contributed by atoms with Crippen LogP contribution in [0.5, 0.6) is 28.7 Å². The fourth-order valence-corrected chi connectivity index (χ4v) is 6.63. The number of nitrogens with zero attached hydrogens (tertiary/aromatic N) is 4. The second-order valence-electron chi connectivity index (χ2n) is 10.7. The average Bonchev–Trinajstić information content (AvgIpc) is 3.75. The van der Waals surface area contributed by atoms with Gasteiger partial charge < -0.3 is 34.3 Å². The predicted octanol–water partition coefficient (Wildman–Crippen LogP) is 5.70. The number of ether oxygens (including phenoxy) is 5. The minimum absolute atomic E-state index is 0.120. The largest absolute Gasteiger partial charge is 0.493 e. The van der Waals surface area contributed by atoms with Gasteiger partial charge in [0.2, 0.25) is 27.8 Å². The van der Waals surface area contributed by atoms with Crippen molar-refractivity contribution < 1.29 is 33.3 Å². The van der Waals surface area contributed by atoms with Crippen molar-refractivity contribution >= 4 is 44.8 Å². The normalized spacial score (nSPS) is 10.8. The molecule has 0 aliphatic heterocycles. The Labute approximate surface area is 288 Å². The first-order valence-electron chi connectivity index (χ1n) is 15.6. The van der Waals surface area contributed by atoms with Crippen molar-refractivity contribution in [2.45, 2.75) is 64.7 Å². The Hall–Kier alpha value is -4.50. The maximum absolute atomic E-state index is 12.6. The van der Waals surface area contributed by atoms with Gasteiger partial charge >= 0.3 is 0 Å². The Morgan fingerprint density at radius 1 is 0.604 bits per heavy atom. The molecule has 2 aromatic carbocycles. The van der Waals surface area contributed by atoms with Gasteiger partial charge in [0, 0.05) is 25.7 Å². The van der Waals surface area contributed by atoms with Crippen LogP contribution in [0.25, 0.3) is 0 Å². The van der Waals surface area contributed by atoms with E-state index in [1.165, 1.54) is 22.7 Å². The topological polar surface area (TPSA) is 156 Å². The van der Waals surface area contributed by atoms with Crippen LogP contribution in [0.4, 0.5) is 10.3 Å². The fraction of sp³-hybridized carbons (Fsp3) is 0.455. The number of hydrogen-bond acceptors (Lipinski definition) is 13. The summed E-state index contributed by atoms with van der Waals surface area (Å²) in [6, 6.07) is 7.63. The van der Waals surface area contributed by atoms with Crippen molar-refractivity contribution in [1.82, 2.24) is 20.4 Å². The molecule has 4 aromatic rings. The van der Waals surface area contributed by atoms with Crippen LogP contribution in [-0.2, 0) is 41.7 Å². The van der Waals surface area contributed by atoms with Gasteiger partial charge in [0.05, 0.1) is 35.5 Å². The highest BCUT2D eigenvalue weighted by Gasteiger charge is 2.16. The predicted molar refractivity (Wildman–Crippen MR) is 185 cm³/mol. The number of nitrogens with one attached hydrogen (secondary N) is 2. The lowest BCUT2D eigenvalue weighted by atomic mass is 10.0. The molecule has 2 N–H and O–H groups in total. The summed E-state index contributed by atoms with van der Waals surface area (Å²) in [5.74, 6) is 2.72. The molecule has 0 unspecified atom stereocenters. The highest BCUT2D eigenvalue weighted by atomic mass is 32.1. The molecule has 0 bridgehead atoms. The maximum Gasteiger partial charge on any atom is 0.226 e. The van der Waals surface area contributed by atoms with Gasteiger partial charge in [-0.3, -0.25) is 9.59 Å². The van der Waals surface area contributed by atoms with E-state index in [1.54, 1.807) is 35.5 Å². The SMILES string of the molecule is CCc1cc(CCC(=O)Nc2nnc(CCCCc3nnc(NC(=O)CCc4cc(OC)c(OC)c(OC)c4)s3)s2)cc(OC)c1OC. The second-order valence-corrected chi connectivity index (χ2v) is 12.8. The smallest absolute Gasteiger partial charge is 0.226 e. The minimum atomic E-state index is -0.155. The Balaban J connectivity index is 1.16. The lowest BCUT2D eigenvalue weighted by Crippen LogP contribution is -2.12. The van der Waals surface area contributed by atoms with Crippen LogP contribution >= 0.6 is 22.7 Å². The second kappa shape index (κ2) is 18.2. The summed E-state index contributed by atoms with van der Waals surface area (Å²) in [7, 11) is 7.90. The molecule has 15 heteroatoms. The van der Waals surface area contributed by atoms with E-state index in [-0.39, 0.29) is 18.2 Å². The van der Waals surface area contributed by atoms with E-state index in [9.17, 15) is 9.59 Å². The third-order valence-corrected chi connectivity index (χ3v) is 9.26. The zero-order chi connectivity index (χ0) is 34.5. The first kappa shape index (κ1) is 36.3. The third kappa shape index (κ3) is 10.0. The summed E-state index contributed by atoms with van der Waals surface area (Å²) in [5, 5.41) is 25.1. The number of benzene rings is 2. The first-order valence-corrected chi connectivity index (χ1v) is 17.2. The van der Waals surface area contributed by atoms with Gasteiger partial charge in [-0.1, -0.05) is 35.7 Å². The molecule has 0 spiro atoms. The fourth-order valence-electron chi connectivity index (χ4n) is 5.04. The highest BCUT2D eigenvalue weighted by Crippen LogP contribution is 2.38. The zero-order valence-corrected chi connectivity index (χ0v) is 29.8. The minimum Gasteiger partial charge on any atom is -0.493 e. The van der Waals surface area contributed by atoms with E-state index in [1.807, 2.05) is 18.2 Å². The van der Waals surface area contributed by atoms with Crippen LogP contribution in [0.3, 0.4) is 0 Å². The van der Waals surface area contributed by atoms with E-state index in [4.69, 9.17) is 23.7 Å². The number of amides is 2. The zero-order valence-electron chi connectivity index (χ0n) is 28.1. The van der Waals surface area contributed by atoms with Crippen molar-refractivity contribution in [3.8, 4) is 28.7 Å². The molecule has 0 saturated carbocycles. The molecule has 0 atom stereocenters. The van der Waals surface area contributed by atoms with Gasteiger partial charge in [0.1, 0.15) is 10.0 Å². The van der Waals surface area contributed by atoms with Crippen molar-refractivity contribution in [2.24, 2.45) is 0 Å². The summed E-state index contributed by atoms with van der Waals surface area (Å²) in [6.45, 7) is 2.05. The summed E-state index contributed by atoms with van der Waals surface area (Å²) in [6.07, 6.45) is 5.64. The van der Waals surface area contributed by atoms with Crippen LogP contribution in [-0.4, -0.2) is 67.8 Å². The molecule has 2 aromatic heterocycles. The first-order chi connectivity index (χ1) is 23.3. The summed E-state index contributed by atoms with van der Waals surface area (Å²) in [5.41, 5.74) is 2.94. The Morgan fingerprint density at radius 3 is 1.46 bits per heavy atom. The molecule has 0 radical (unpaired) electrons. The van der Waals surface area contributed by atoms with Crippen molar-refractivity contribution in [2.75, 3.05) is 46.2 Å². The number of methoxy groups -OCH3 is 5. The quantitative estimate of drug-likeness (QED) is 0.116. The van der Waals surface area contributed by atoms with Crippen LogP contribution < -0.4 is 34.3 Å². The Bertz CT molecular complexity index is 1500. The number of unbranched alkanes of at least 4 members (excludes halogenated alkanes) is 1. The number of aryl methyl sites for hydroxylation is 5. The van der Waals surface area contributed by atoms with Crippen LogP contribution in [0.2, 0.25) is 0 Å². The molecule has 0 aliphatic carbocycles. The number of anilines is 2.